The summed E-state index contributed by atoms with van der Waals surface area (Å²) in [4.78, 5) is 15.5. The molecule has 4 heteroatoms. The third-order valence-corrected chi connectivity index (χ3v) is 14.8. The molecule has 68 heavy (non-hydrogen) atoms. The standard InChI is InChI=1S/C64H38N4/c1-3-17-39(18-4-1)61-65-62(40-19-5-2-6-20-40)67-63(66-61)41-31-33-48-54-37-52-44-22-8-7-21-43(44)51-36-42(68-59-29-15-11-25-49(59)50-26-12-16-30-60(50)68)32-34-45(51)53(52)38-58(54)64(57(48)35-41)55-27-13-9-23-46(55)47-24-10-14-28-56(47)64/h1-38H. The summed E-state index contributed by atoms with van der Waals surface area (Å²) in [6.07, 6.45) is 0. The van der Waals surface area contributed by atoms with E-state index in [1.165, 1.54) is 98.6 Å². The Morgan fingerprint density at radius 3 is 1.31 bits per heavy atom. The number of nitrogens with zero attached hydrogens (tertiary/aromatic N) is 4. The second-order valence-electron chi connectivity index (χ2n) is 18.2. The monoisotopic (exact) mass is 862 g/mol. The fraction of sp³-hybridized carbons (Fsp3) is 0.0156. The first-order valence-corrected chi connectivity index (χ1v) is 23.4. The minimum atomic E-state index is -0.597. The molecule has 0 saturated carbocycles. The van der Waals surface area contributed by atoms with Gasteiger partial charge in [-0.05, 0) is 119 Å². The molecular weight excluding hydrogens is 825 g/mol. The lowest BCUT2D eigenvalue weighted by atomic mass is 9.70. The molecular formula is C64H38N4. The summed E-state index contributed by atoms with van der Waals surface area (Å²) in [6, 6.07) is 84.1. The van der Waals surface area contributed by atoms with Crippen LogP contribution in [-0.2, 0) is 5.41 Å². The van der Waals surface area contributed by atoms with Crippen molar-refractivity contribution in [2.45, 2.75) is 5.41 Å². The number of aromatic nitrogens is 4. The van der Waals surface area contributed by atoms with Crippen LogP contribution >= 0.6 is 0 Å². The third kappa shape index (κ3) is 5.06. The molecule has 2 aromatic heterocycles. The van der Waals surface area contributed by atoms with Crippen molar-refractivity contribution in [3.8, 4) is 62.1 Å². The molecule has 13 aromatic rings. The number of hydrogen-bond donors (Lipinski definition) is 0. The summed E-state index contributed by atoms with van der Waals surface area (Å²) in [6.45, 7) is 0. The Balaban J connectivity index is 1.01. The normalized spacial score (nSPS) is 13.1. The Morgan fingerprint density at radius 2 is 0.706 bits per heavy atom. The second kappa shape index (κ2) is 14.0. The van der Waals surface area contributed by atoms with Gasteiger partial charge in [0.1, 0.15) is 0 Å². The van der Waals surface area contributed by atoms with Crippen LogP contribution in [0.3, 0.4) is 0 Å². The van der Waals surface area contributed by atoms with E-state index in [-0.39, 0.29) is 0 Å². The van der Waals surface area contributed by atoms with Gasteiger partial charge in [0, 0.05) is 33.2 Å². The van der Waals surface area contributed by atoms with Crippen molar-refractivity contribution in [3.05, 3.63) is 253 Å². The molecule has 2 aliphatic rings. The van der Waals surface area contributed by atoms with Crippen molar-refractivity contribution in [2.75, 3.05) is 0 Å². The molecule has 0 bridgehead atoms. The van der Waals surface area contributed by atoms with E-state index in [2.05, 4.69) is 199 Å². The lowest BCUT2D eigenvalue weighted by molar-refractivity contribution is 0.795. The summed E-state index contributed by atoms with van der Waals surface area (Å²) in [7, 11) is 0. The van der Waals surface area contributed by atoms with Crippen LogP contribution in [0.2, 0.25) is 0 Å². The Morgan fingerprint density at radius 1 is 0.265 bits per heavy atom. The molecule has 0 N–H and O–H groups in total. The number of para-hydroxylation sites is 2. The first-order chi connectivity index (χ1) is 33.7. The van der Waals surface area contributed by atoms with E-state index in [0.717, 1.165) is 22.4 Å². The van der Waals surface area contributed by atoms with Crippen molar-refractivity contribution in [1.82, 2.24) is 19.5 Å². The lowest BCUT2D eigenvalue weighted by Crippen LogP contribution is -2.26. The van der Waals surface area contributed by atoms with Crippen LogP contribution in [0.25, 0.3) is 116 Å². The van der Waals surface area contributed by atoms with Gasteiger partial charge >= 0.3 is 0 Å². The zero-order chi connectivity index (χ0) is 44.5. The quantitative estimate of drug-likeness (QED) is 0.166. The molecule has 4 nitrogen and oxygen atoms in total. The van der Waals surface area contributed by atoms with E-state index >= 15 is 0 Å². The van der Waals surface area contributed by atoms with E-state index < -0.39 is 5.41 Å². The maximum Gasteiger partial charge on any atom is 0.164 e. The Labute approximate surface area is 392 Å². The second-order valence-corrected chi connectivity index (χ2v) is 18.2. The van der Waals surface area contributed by atoms with Gasteiger partial charge in [-0.15, -0.1) is 0 Å². The SMILES string of the molecule is c1ccc(-c2nc(-c3ccccc3)nc(-c3ccc4c(c3)C3(c5ccccc5-c5ccccc53)c3cc5c6ccc(-n7c8ccccc8c8ccccc87)cc6c6ccccc6c5cc3-4)n2)cc1. The van der Waals surface area contributed by atoms with E-state index in [4.69, 9.17) is 15.0 Å². The number of rotatable bonds is 4. The molecule has 15 rings (SSSR count). The smallest absolute Gasteiger partial charge is 0.164 e. The highest BCUT2D eigenvalue weighted by Gasteiger charge is 2.52. The predicted molar refractivity (Wildman–Crippen MR) is 279 cm³/mol. The van der Waals surface area contributed by atoms with Gasteiger partial charge in [0.25, 0.3) is 0 Å². The van der Waals surface area contributed by atoms with Crippen LogP contribution in [0, 0.1) is 0 Å². The van der Waals surface area contributed by atoms with Crippen LogP contribution in [-0.4, -0.2) is 19.5 Å². The summed E-state index contributed by atoms with van der Waals surface area (Å²) in [5, 5.41) is 9.99. The third-order valence-electron chi connectivity index (χ3n) is 14.8. The van der Waals surface area contributed by atoms with Crippen molar-refractivity contribution < 1.29 is 0 Å². The average Bonchev–Trinajstić information content (AvgIpc) is 4.02. The molecule has 314 valence electrons. The molecule has 2 heterocycles. The van der Waals surface area contributed by atoms with Gasteiger partial charge in [0.2, 0.25) is 0 Å². The summed E-state index contributed by atoms with van der Waals surface area (Å²) < 4.78 is 2.43. The zero-order valence-corrected chi connectivity index (χ0v) is 36.7. The van der Waals surface area contributed by atoms with E-state index in [1.807, 2.05) is 36.4 Å². The van der Waals surface area contributed by atoms with Gasteiger partial charge in [-0.3, -0.25) is 0 Å². The molecule has 0 amide bonds. The van der Waals surface area contributed by atoms with Crippen molar-refractivity contribution in [3.63, 3.8) is 0 Å². The fourth-order valence-corrected chi connectivity index (χ4v) is 12.0. The number of fused-ring (bicyclic) bond motifs is 19. The predicted octanol–water partition coefficient (Wildman–Crippen LogP) is 15.8. The molecule has 2 aliphatic carbocycles. The summed E-state index contributed by atoms with van der Waals surface area (Å²) in [5.41, 5.74) is 16.0. The van der Waals surface area contributed by atoms with Crippen molar-refractivity contribution in [1.29, 1.82) is 0 Å². The molecule has 11 aromatic carbocycles. The lowest BCUT2D eigenvalue weighted by Gasteiger charge is -2.31. The van der Waals surface area contributed by atoms with E-state index in [9.17, 15) is 0 Å². The number of benzene rings is 11. The van der Waals surface area contributed by atoms with E-state index in [0.29, 0.717) is 17.5 Å². The van der Waals surface area contributed by atoms with Crippen LogP contribution in [0.15, 0.2) is 231 Å². The summed E-state index contributed by atoms with van der Waals surface area (Å²) in [5.74, 6) is 1.94. The van der Waals surface area contributed by atoms with Gasteiger partial charge in [0.15, 0.2) is 17.5 Å². The first-order valence-electron chi connectivity index (χ1n) is 23.4. The topological polar surface area (TPSA) is 43.6 Å². The maximum absolute atomic E-state index is 5.23. The molecule has 1 spiro atoms. The van der Waals surface area contributed by atoms with Crippen LogP contribution < -0.4 is 0 Å². The minimum Gasteiger partial charge on any atom is -0.309 e. The highest BCUT2D eigenvalue weighted by Crippen LogP contribution is 2.64. The highest BCUT2D eigenvalue weighted by molar-refractivity contribution is 6.27. The maximum atomic E-state index is 5.23. The minimum absolute atomic E-state index is 0.597. The van der Waals surface area contributed by atoms with Crippen LogP contribution in [0.1, 0.15) is 22.3 Å². The first kappa shape index (κ1) is 37.3. The zero-order valence-electron chi connectivity index (χ0n) is 36.7. The van der Waals surface area contributed by atoms with Gasteiger partial charge in [-0.2, -0.15) is 0 Å². The molecule has 0 saturated heterocycles. The number of hydrogen-bond acceptors (Lipinski definition) is 3. The average molecular weight is 863 g/mol. The van der Waals surface area contributed by atoms with E-state index in [1.54, 1.807) is 0 Å². The van der Waals surface area contributed by atoms with Gasteiger partial charge in [-0.1, -0.05) is 188 Å². The Bertz CT molecular complexity index is 4110. The molecule has 0 aliphatic heterocycles. The van der Waals surface area contributed by atoms with Crippen LogP contribution in [0.5, 0.6) is 0 Å². The highest BCUT2D eigenvalue weighted by atomic mass is 15.0. The molecule has 0 atom stereocenters. The summed E-state index contributed by atoms with van der Waals surface area (Å²) >= 11 is 0. The largest absolute Gasteiger partial charge is 0.309 e. The van der Waals surface area contributed by atoms with Crippen molar-refractivity contribution in [2.24, 2.45) is 0 Å². The van der Waals surface area contributed by atoms with Gasteiger partial charge in [-0.25, -0.2) is 15.0 Å². The molecule has 0 radical (unpaired) electrons. The molecule has 0 unspecified atom stereocenters. The Hall–Kier alpha value is -8.99. The van der Waals surface area contributed by atoms with Crippen LogP contribution in [0.4, 0.5) is 0 Å². The molecule has 0 fully saturated rings. The van der Waals surface area contributed by atoms with Gasteiger partial charge < -0.3 is 4.57 Å². The van der Waals surface area contributed by atoms with Gasteiger partial charge in [0.05, 0.1) is 16.4 Å². The Kier molecular flexibility index (Phi) is 7.67. The van der Waals surface area contributed by atoms with Crippen molar-refractivity contribution >= 4 is 54.1 Å². The fourth-order valence-electron chi connectivity index (χ4n) is 12.0.